The first-order valence-corrected chi connectivity index (χ1v) is 12.9. The number of hydrogen-bond acceptors (Lipinski definition) is 8. The molecule has 3 rings (SSSR count). The molecule has 2 aromatic rings. The number of carbonyl (C=O) groups is 3. The second-order valence-corrected chi connectivity index (χ2v) is 9.83. The zero-order valence-corrected chi connectivity index (χ0v) is 20.9. The van der Waals surface area contributed by atoms with Crippen molar-refractivity contribution < 1.29 is 35.9 Å². The van der Waals surface area contributed by atoms with Gasteiger partial charge in [0.1, 0.15) is 6.61 Å². The molecule has 1 saturated heterocycles. The van der Waals surface area contributed by atoms with Gasteiger partial charge in [-0.2, -0.15) is 8.42 Å². The Labute approximate surface area is 210 Å². The summed E-state index contributed by atoms with van der Waals surface area (Å²) < 4.78 is 37.9. The summed E-state index contributed by atoms with van der Waals surface area (Å²) in [5.41, 5.74) is 1.68. The summed E-state index contributed by atoms with van der Waals surface area (Å²) >= 11 is 0. The number of rotatable bonds is 11. The summed E-state index contributed by atoms with van der Waals surface area (Å²) in [5, 5.41) is 5.49. The van der Waals surface area contributed by atoms with Crippen LogP contribution in [0.15, 0.2) is 60.7 Å². The number of amides is 2. The van der Waals surface area contributed by atoms with E-state index < -0.39 is 34.5 Å². The van der Waals surface area contributed by atoms with Crippen LogP contribution in [0.2, 0.25) is 0 Å². The van der Waals surface area contributed by atoms with Crippen LogP contribution in [0.1, 0.15) is 43.9 Å². The van der Waals surface area contributed by atoms with Gasteiger partial charge in [0.2, 0.25) is 12.0 Å². The maximum Gasteiger partial charge on any atom is 0.401 e. The first-order chi connectivity index (χ1) is 17.1. The zero-order chi connectivity index (χ0) is 26.1. The fourth-order valence-corrected chi connectivity index (χ4v) is 4.54. The van der Waals surface area contributed by atoms with E-state index in [9.17, 15) is 22.8 Å². The van der Waals surface area contributed by atoms with E-state index in [4.69, 9.17) is 4.74 Å². The van der Waals surface area contributed by atoms with E-state index in [-0.39, 0.29) is 37.4 Å². The van der Waals surface area contributed by atoms with Crippen molar-refractivity contribution >= 4 is 28.2 Å². The van der Waals surface area contributed by atoms with E-state index in [2.05, 4.69) is 19.0 Å². The molecule has 0 radical (unpaired) electrons. The molecule has 0 aromatic heterocycles. The molecule has 0 spiro atoms. The van der Waals surface area contributed by atoms with Crippen LogP contribution in [0.4, 0.5) is 0 Å². The fourth-order valence-electron chi connectivity index (χ4n) is 3.62. The molecule has 2 aromatic carbocycles. The minimum Gasteiger partial charge on any atom is -0.459 e. The van der Waals surface area contributed by atoms with Crippen LogP contribution in [0.5, 0.6) is 0 Å². The SMILES string of the molecule is CC(NC(=O)C[C@@H](C)CCNC(=O)[C@H]1OS(=O)(=O)O[C@@H]1C(=O)OCc1ccccc1)c1ccccc1. The van der Waals surface area contributed by atoms with Crippen LogP contribution in [-0.2, 0) is 44.5 Å². The highest BCUT2D eigenvalue weighted by Gasteiger charge is 2.49. The second-order valence-electron chi connectivity index (χ2n) is 8.62. The summed E-state index contributed by atoms with van der Waals surface area (Å²) in [5.74, 6) is -2.04. The molecule has 1 heterocycles. The van der Waals surface area contributed by atoms with E-state index in [1.54, 1.807) is 30.3 Å². The van der Waals surface area contributed by atoms with Crippen molar-refractivity contribution in [2.24, 2.45) is 5.92 Å². The first-order valence-electron chi connectivity index (χ1n) is 11.6. The van der Waals surface area contributed by atoms with E-state index in [1.807, 2.05) is 44.2 Å². The molecule has 194 valence electrons. The maximum atomic E-state index is 12.6. The Morgan fingerprint density at radius 3 is 2.22 bits per heavy atom. The molecule has 1 aliphatic rings. The van der Waals surface area contributed by atoms with Gasteiger partial charge < -0.3 is 15.4 Å². The highest BCUT2D eigenvalue weighted by Crippen LogP contribution is 2.23. The smallest absolute Gasteiger partial charge is 0.401 e. The lowest BCUT2D eigenvalue weighted by atomic mass is 10.0. The number of ether oxygens (including phenoxy) is 1. The zero-order valence-electron chi connectivity index (χ0n) is 20.1. The lowest BCUT2D eigenvalue weighted by molar-refractivity contribution is -0.157. The van der Waals surface area contributed by atoms with E-state index in [0.717, 1.165) is 5.56 Å². The van der Waals surface area contributed by atoms with Crippen LogP contribution in [-0.4, -0.2) is 45.0 Å². The Hall–Kier alpha value is -3.28. The van der Waals surface area contributed by atoms with Gasteiger partial charge in [0, 0.05) is 13.0 Å². The third-order valence-electron chi connectivity index (χ3n) is 5.58. The predicted molar refractivity (Wildman–Crippen MR) is 129 cm³/mol. The van der Waals surface area contributed by atoms with E-state index in [1.165, 1.54) is 0 Å². The Balaban J connectivity index is 1.44. The lowest BCUT2D eigenvalue weighted by Crippen LogP contribution is -2.45. The van der Waals surface area contributed by atoms with Gasteiger partial charge in [-0.05, 0) is 30.4 Å². The predicted octanol–water partition coefficient (Wildman–Crippen LogP) is 2.17. The molecule has 0 saturated carbocycles. The van der Waals surface area contributed by atoms with Crippen molar-refractivity contribution in [2.75, 3.05) is 6.54 Å². The second kappa shape index (κ2) is 12.6. The summed E-state index contributed by atoms with van der Waals surface area (Å²) in [4.78, 5) is 37.3. The van der Waals surface area contributed by atoms with E-state index >= 15 is 0 Å². The van der Waals surface area contributed by atoms with E-state index in [0.29, 0.717) is 12.0 Å². The Bertz CT molecular complexity index is 1140. The van der Waals surface area contributed by atoms with Gasteiger partial charge in [-0.3, -0.25) is 9.59 Å². The van der Waals surface area contributed by atoms with Gasteiger partial charge in [-0.1, -0.05) is 67.6 Å². The summed E-state index contributed by atoms with van der Waals surface area (Å²) in [6, 6.07) is 18.2. The number of carbonyl (C=O) groups excluding carboxylic acids is 3. The fraction of sp³-hybridized carbons (Fsp3) is 0.400. The van der Waals surface area contributed by atoms with Crippen LogP contribution in [0.3, 0.4) is 0 Å². The quantitative estimate of drug-likeness (QED) is 0.432. The largest absolute Gasteiger partial charge is 0.459 e. The normalized spacial score (nSPS) is 20.2. The molecule has 1 fully saturated rings. The third kappa shape index (κ3) is 8.14. The topological polar surface area (TPSA) is 137 Å². The van der Waals surface area contributed by atoms with Gasteiger partial charge in [-0.25, -0.2) is 13.2 Å². The molecule has 0 bridgehead atoms. The van der Waals surface area contributed by atoms with Crippen LogP contribution >= 0.6 is 0 Å². The molecular formula is C25H30N2O8S. The number of benzene rings is 2. The van der Waals surface area contributed by atoms with Crippen molar-refractivity contribution in [3.8, 4) is 0 Å². The molecule has 10 nitrogen and oxygen atoms in total. The van der Waals surface area contributed by atoms with Crippen LogP contribution in [0, 0.1) is 5.92 Å². The molecular weight excluding hydrogens is 488 g/mol. The molecule has 0 aliphatic carbocycles. The van der Waals surface area contributed by atoms with Crippen LogP contribution < -0.4 is 10.6 Å². The molecule has 1 unspecified atom stereocenters. The minimum atomic E-state index is -4.52. The molecule has 11 heteroatoms. The average molecular weight is 519 g/mol. The van der Waals surface area contributed by atoms with Crippen LogP contribution in [0.25, 0.3) is 0 Å². The Kier molecular flexibility index (Phi) is 9.57. The molecule has 36 heavy (non-hydrogen) atoms. The van der Waals surface area contributed by atoms with Crippen molar-refractivity contribution in [1.29, 1.82) is 0 Å². The Morgan fingerprint density at radius 1 is 0.944 bits per heavy atom. The third-order valence-corrected chi connectivity index (χ3v) is 6.47. The first kappa shape index (κ1) is 27.3. The van der Waals surface area contributed by atoms with Crippen molar-refractivity contribution in [2.45, 2.75) is 51.5 Å². The molecule has 4 atom stereocenters. The minimum absolute atomic E-state index is 0.0654. The summed E-state index contributed by atoms with van der Waals surface area (Å²) in [6.07, 6.45) is -2.76. The average Bonchev–Trinajstić information content (AvgIpc) is 3.19. The van der Waals surface area contributed by atoms with Gasteiger partial charge >= 0.3 is 16.4 Å². The standard InChI is InChI=1S/C25H30N2O8S/c1-17(15-21(28)27-18(2)20-11-7-4-8-12-20)13-14-26-24(29)22-23(35-36(31,32)34-22)25(30)33-16-19-9-5-3-6-10-19/h3-12,17-18,22-23H,13-16H2,1-2H3,(H,26,29)(H,27,28)/t17-,18?,22-,23-/m0/s1. The lowest BCUT2D eigenvalue weighted by Gasteiger charge is -2.17. The van der Waals surface area contributed by atoms with Gasteiger partial charge in [0.15, 0.2) is 6.10 Å². The van der Waals surface area contributed by atoms with Crippen molar-refractivity contribution in [1.82, 2.24) is 10.6 Å². The number of esters is 1. The monoisotopic (exact) mass is 518 g/mol. The van der Waals surface area contributed by atoms with Gasteiger partial charge in [0.25, 0.3) is 5.91 Å². The van der Waals surface area contributed by atoms with Crippen molar-refractivity contribution in [3.05, 3.63) is 71.8 Å². The number of hydrogen-bond donors (Lipinski definition) is 2. The summed E-state index contributed by atoms with van der Waals surface area (Å²) in [7, 11) is -4.52. The highest BCUT2D eigenvalue weighted by molar-refractivity contribution is 7.82. The van der Waals surface area contributed by atoms with Gasteiger partial charge in [-0.15, -0.1) is 0 Å². The molecule has 2 amide bonds. The maximum absolute atomic E-state index is 12.6. The molecule has 1 aliphatic heterocycles. The Morgan fingerprint density at radius 2 is 1.56 bits per heavy atom. The highest BCUT2D eigenvalue weighted by atomic mass is 32.3. The molecule has 2 N–H and O–H groups in total. The summed E-state index contributed by atoms with van der Waals surface area (Å²) in [6.45, 7) is 3.79. The number of nitrogens with one attached hydrogen (secondary N) is 2. The van der Waals surface area contributed by atoms with Crippen molar-refractivity contribution in [3.63, 3.8) is 0 Å². The van der Waals surface area contributed by atoms with Gasteiger partial charge in [0.05, 0.1) is 6.04 Å².